The van der Waals surface area contributed by atoms with Crippen molar-refractivity contribution in [1.82, 2.24) is 0 Å². The van der Waals surface area contributed by atoms with Crippen molar-refractivity contribution in [2.45, 2.75) is 25.7 Å². The molecule has 4 N–H and O–H groups in total. The van der Waals surface area contributed by atoms with Crippen LogP contribution in [0.4, 0.5) is 0 Å². The van der Waals surface area contributed by atoms with Crippen molar-refractivity contribution in [2.24, 2.45) is 11.5 Å². The van der Waals surface area contributed by atoms with Gasteiger partial charge in [-0.1, -0.05) is 13.0 Å². The van der Waals surface area contributed by atoms with Crippen LogP contribution in [0, 0.1) is 0 Å². The van der Waals surface area contributed by atoms with E-state index < -0.39 is 5.91 Å². The molecule has 11 heavy (non-hydrogen) atoms. The summed E-state index contributed by atoms with van der Waals surface area (Å²) in [6.07, 6.45) is 3.71. The predicted octanol–water partition coefficient (Wildman–Crippen LogP) is 0.547. The van der Waals surface area contributed by atoms with Crippen LogP contribution in [0.2, 0.25) is 0 Å². The van der Waals surface area contributed by atoms with E-state index >= 15 is 0 Å². The first-order valence-electron chi connectivity index (χ1n) is 3.86. The third-order valence-electron chi connectivity index (χ3n) is 1.53. The Labute approximate surface area is 67.4 Å². The van der Waals surface area contributed by atoms with Crippen molar-refractivity contribution >= 4 is 5.91 Å². The van der Waals surface area contributed by atoms with Gasteiger partial charge in [-0.05, 0) is 25.8 Å². The van der Waals surface area contributed by atoms with Gasteiger partial charge in [0, 0.05) is 5.57 Å². The number of hydrogen-bond donors (Lipinski definition) is 2. The zero-order valence-corrected chi connectivity index (χ0v) is 6.81. The first-order chi connectivity index (χ1) is 5.18. The lowest BCUT2D eigenvalue weighted by Gasteiger charge is -1.99. The number of amides is 1. The van der Waals surface area contributed by atoms with Crippen LogP contribution >= 0.6 is 0 Å². The summed E-state index contributed by atoms with van der Waals surface area (Å²) in [5.74, 6) is -0.391. The Bertz CT molecular complexity index is 143. The summed E-state index contributed by atoms with van der Waals surface area (Å²) in [5, 5.41) is 0. The van der Waals surface area contributed by atoms with Gasteiger partial charge in [-0.15, -0.1) is 0 Å². The van der Waals surface area contributed by atoms with E-state index in [0.717, 1.165) is 19.3 Å². The number of unbranched alkanes of at least 4 members (excludes halogenated alkanes) is 2. The second-order valence-electron chi connectivity index (χ2n) is 2.57. The molecule has 3 nitrogen and oxygen atoms in total. The molecule has 64 valence electrons. The Hall–Kier alpha value is -0.830. The molecule has 0 bridgehead atoms. The van der Waals surface area contributed by atoms with Gasteiger partial charge in [0.1, 0.15) is 0 Å². The molecule has 0 aromatic heterocycles. The van der Waals surface area contributed by atoms with Crippen molar-refractivity contribution in [3.8, 4) is 0 Å². The van der Waals surface area contributed by atoms with Crippen LogP contribution in [-0.4, -0.2) is 12.5 Å². The average Bonchev–Trinajstić information content (AvgIpc) is 1.97. The summed E-state index contributed by atoms with van der Waals surface area (Å²) in [6.45, 7) is 4.26. The predicted molar refractivity (Wildman–Crippen MR) is 45.9 cm³/mol. The Morgan fingerprint density at radius 3 is 2.36 bits per heavy atom. The van der Waals surface area contributed by atoms with E-state index in [-0.39, 0.29) is 0 Å². The molecule has 0 aliphatic carbocycles. The fraction of sp³-hybridized carbons (Fsp3) is 0.625. The molecule has 0 heterocycles. The van der Waals surface area contributed by atoms with Crippen LogP contribution in [0.15, 0.2) is 12.2 Å². The number of nitrogens with two attached hydrogens (primary N) is 2. The van der Waals surface area contributed by atoms with E-state index in [4.69, 9.17) is 11.5 Å². The maximum absolute atomic E-state index is 10.5. The Morgan fingerprint density at radius 2 is 1.91 bits per heavy atom. The largest absolute Gasteiger partial charge is 0.366 e. The Balaban J connectivity index is 3.25. The number of carbonyl (C=O) groups is 1. The Kier molecular flexibility index (Phi) is 5.47. The van der Waals surface area contributed by atoms with Gasteiger partial charge in [-0.3, -0.25) is 4.79 Å². The molecular weight excluding hydrogens is 140 g/mol. The zero-order valence-electron chi connectivity index (χ0n) is 6.81. The summed E-state index contributed by atoms with van der Waals surface area (Å²) >= 11 is 0. The third kappa shape index (κ3) is 5.61. The van der Waals surface area contributed by atoms with Crippen molar-refractivity contribution in [2.75, 3.05) is 6.54 Å². The fourth-order valence-electron chi connectivity index (χ4n) is 0.783. The summed E-state index contributed by atoms with van der Waals surface area (Å²) < 4.78 is 0. The number of carbonyl (C=O) groups excluding carboxylic acids is 1. The van der Waals surface area contributed by atoms with Crippen molar-refractivity contribution in [3.05, 3.63) is 12.2 Å². The maximum Gasteiger partial charge on any atom is 0.244 e. The van der Waals surface area contributed by atoms with E-state index in [2.05, 4.69) is 6.58 Å². The standard InChI is InChI=1S/C8H16N2O/c1-7(8(10)11)5-3-2-4-6-9/h1-6,9H2,(H2,10,11). The molecule has 0 radical (unpaired) electrons. The van der Waals surface area contributed by atoms with E-state index in [1.165, 1.54) is 0 Å². The monoisotopic (exact) mass is 156 g/mol. The highest BCUT2D eigenvalue weighted by molar-refractivity contribution is 5.91. The minimum atomic E-state index is -0.391. The lowest BCUT2D eigenvalue weighted by atomic mass is 10.1. The van der Waals surface area contributed by atoms with Gasteiger partial charge in [-0.25, -0.2) is 0 Å². The van der Waals surface area contributed by atoms with Crippen molar-refractivity contribution in [1.29, 1.82) is 0 Å². The molecule has 0 fully saturated rings. The van der Waals surface area contributed by atoms with Gasteiger partial charge < -0.3 is 11.5 Å². The van der Waals surface area contributed by atoms with Gasteiger partial charge in [0.05, 0.1) is 0 Å². The molecule has 0 saturated heterocycles. The summed E-state index contributed by atoms with van der Waals surface area (Å²) in [7, 11) is 0. The van der Waals surface area contributed by atoms with Gasteiger partial charge in [0.2, 0.25) is 5.91 Å². The zero-order chi connectivity index (χ0) is 8.69. The van der Waals surface area contributed by atoms with E-state index in [1.807, 2.05) is 0 Å². The molecule has 0 saturated carbocycles. The van der Waals surface area contributed by atoms with E-state index in [1.54, 1.807) is 0 Å². The van der Waals surface area contributed by atoms with Crippen molar-refractivity contribution in [3.63, 3.8) is 0 Å². The number of rotatable bonds is 6. The molecule has 0 aliphatic heterocycles. The molecule has 0 aliphatic rings. The normalized spacial score (nSPS) is 9.55. The molecule has 0 unspecified atom stereocenters. The van der Waals surface area contributed by atoms with Crippen LogP contribution in [-0.2, 0) is 4.79 Å². The summed E-state index contributed by atoms with van der Waals surface area (Å²) in [4.78, 5) is 10.5. The molecule has 0 aromatic rings. The second kappa shape index (κ2) is 5.92. The topological polar surface area (TPSA) is 69.1 Å². The van der Waals surface area contributed by atoms with Crippen LogP contribution in [0.25, 0.3) is 0 Å². The smallest absolute Gasteiger partial charge is 0.244 e. The molecule has 3 heteroatoms. The lowest BCUT2D eigenvalue weighted by Crippen LogP contribution is -2.12. The van der Waals surface area contributed by atoms with Crippen molar-refractivity contribution < 1.29 is 4.79 Å². The van der Waals surface area contributed by atoms with Gasteiger partial charge in [-0.2, -0.15) is 0 Å². The average molecular weight is 156 g/mol. The molecule has 0 spiro atoms. The first kappa shape index (κ1) is 10.2. The highest BCUT2D eigenvalue weighted by Crippen LogP contribution is 2.05. The van der Waals surface area contributed by atoms with E-state index in [9.17, 15) is 4.79 Å². The lowest BCUT2D eigenvalue weighted by molar-refractivity contribution is -0.114. The van der Waals surface area contributed by atoms with Gasteiger partial charge in [0.25, 0.3) is 0 Å². The number of hydrogen-bond acceptors (Lipinski definition) is 2. The molecule has 0 atom stereocenters. The van der Waals surface area contributed by atoms with E-state index in [0.29, 0.717) is 18.5 Å². The Morgan fingerprint density at radius 1 is 1.27 bits per heavy atom. The molecule has 0 aromatic carbocycles. The quantitative estimate of drug-likeness (QED) is 0.435. The molecular formula is C8H16N2O. The number of primary amides is 1. The molecule has 0 rings (SSSR count). The fourth-order valence-corrected chi connectivity index (χ4v) is 0.783. The van der Waals surface area contributed by atoms with Crippen LogP contribution in [0.1, 0.15) is 25.7 Å². The van der Waals surface area contributed by atoms with Crippen LogP contribution < -0.4 is 11.5 Å². The molecule has 1 amide bonds. The maximum atomic E-state index is 10.5. The first-order valence-corrected chi connectivity index (χ1v) is 3.86. The minimum Gasteiger partial charge on any atom is -0.366 e. The summed E-state index contributed by atoms with van der Waals surface area (Å²) in [5.41, 5.74) is 10.8. The van der Waals surface area contributed by atoms with Crippen LogP contribution in [0.3, 0.4) is 0 Å². The van der Waals surface area contributed by atoms with Gasteiger partial charge >= 0.3 is 0 Å². The summed E-state index contributed by atoms with van der Waals surface area (Å²) in [6, 6.07) is 0. The van der Waals surface area contributed by atoms with Gasteiger partial charge in [0.15, 0.2) is 0 Å². The highest BCUT2D eigenvalue weighted by Gasteiger charge is 1.99. The van der Waals surface area contributed by atoms with Crippen LogP contribution in [0.5, 0.6) is 0 Å². The SMILES string of the molecule is C=C(CCCCCN)C(N)=O. The minimum absolute atomic E-state index is 0.391. The second-order valence-corrected chi connectivity index (χ2v) is 2.57. The highest BCUT2D eigenvalue weighted by atomic mass is 16.1. The third-order valence-corrected chi connectivity index (χ3v) is 1.53.